The normalized spacial score (nSPS) is 11.3. The lowest BCUT2D eigenvalue weighted by molar-refractivity contribution is 0.102. The van der Waals surface area contributed by atoms with Crippen LogP contribution < -0.4 is 5.32 Å². The molecule has 1 aromatic carbocycles. The first-order valence-corrected chi connectivity index (χ1v) is 8.45. The van der Waals surface area contributed by atoms with Crippen molar-refractivity contribution in [3.8, 4) is 11.5 Å². The molecule has 4 aromatic heterocycles. The van der Waals surface area contributed by atoms with E-state index in [1.54, 1.807) is 18.8 Å². The Morgan fingerprint density at radius 2 is 2.19 bits per heavy atom. The molecule has 0 fully saturated rings. The maximum atomic E-state index is 12.8. The van der Waals surface area contributed by atoms with Gasteiger partial charge in [0.15, 0.2) is 5.76 Å². The number of benzene rings is 1. The molecule has 27 heavy (non-hydrogen) atoms. The number of imidazole rings is 1. The van der Waals surface area contributed by atoms with Gasteiger partial charge in [0.1, 0.15) is 5.69 Å². The summed E-state index contributed by atoms with van der Waals surface area (Å²) in [5.41, 5.74) is 4.63. The average Bonchev–Trinajstić information content (AvgIpc) is 3.40. The molecular weight excluding hydrogens is 342 g/mol. The van der Waals surface area contributed by atoms with Gasteiger partial charge in [-0.2, -0.15) is 5.10 Å². The highest BCUT2D eigenvalue weighted by Gasteiger charge is 2.14. The minimum Gasteiger partial charge on any atom is -0.463 e. The molecule has 0 atom stereocenters. The lowest BCUT2D eigenvalue weighted by Crippen LogP contribution is -2.13. The number of aromatic amines is 1. The number of rotatable bonds is 3. The van der Waals surface area contributed by atoms with Gasteiger partial charge in [0, 0.05) is 22.8 Å². The molecule has 0 radical (unpaired) electrons. The van der Waals surface area contributed by atoms with Gasteiger partial charge in [-0.25, -0.2) is 4.98 Å². The molecule has 0 aliphatic heterocycles. The van der Waals surface area contributed by atoms with Crippen molar-refractivity contribution >= 4 is 28.0 Å². The minimum atomic E-state index is -0.168. The van der Waals surface area contributed by atoms with Crippen molar-refractivity contribution in [2.75, 3.05) is 5.32 Å². The lowest BCUT2D eigenvalue weighted by Gasteiger charge is -2.09. The van der Waals surface area contributed by atoms with E-state index >= 15 is 0 Å². The van der Waals surface area contributed by atoms with Gasteiger partial charge in [-0.3, -0.25) is 9.89 Å². The number of nitrogens with one attached hydrogen (secondary N) is 2. The fraction of sp³-hybridized carbons (Fsp3) is 0.0500. The number of pyridine rings is 1. The molecule has 0 bridgehead atoms. The molecule has 0 saturated carbocycles. The monoisotopic (exact) mass is 357 g/mol. The van der Waals surface area contributed by atoms with Crippen LogP contribution in [0.2, 0.25) is 0 Å². The second kappa shape index (κ2) is 5.84. The summed E-state index contributed by atoms with van der Waals surface area (Å²) in [6.07, 6.45) is 6.94. The first-order chi connectivity index (χ1) is 13.2. The van der Waals surface area contributed by atoms with E-state index in [1.165, 1.54) is 0 Å². The van der Waals surface area contributed by atoms with Crippen molar-refractivity contribution in [2.24, 2.45) is 0 Å². The Morgan fingerprint density at radius 3 is 3.04 bits per heavy atom. The Labute approximate surface area is 153 Å². The number of hydrogen-bond donors (Lipinski definition) is 2. The molecule has 0 saturated heterocycles. The maximum Gasteiger partial charge on any atom is 0.256 e. The van der Waals surface area contributed by atoms with Crippen molar-refractivity contribution in [3.63, 3.8) is 0 Å². The summed E-state index contributed by atoms with van der Waals surface area (Å²) in [4.78, 5) is 16.9. The summed E-state index contributed by atoms with van der Waals surface area (Å²) in [7, 11) is 0. The predicted octanol–water partition coefficient (Wildman–Crippen LogP) is 4.03. The topological polar surface area (TPSA) is 88.2 Å². The first kappa shape index (κ1) is 15.4. The molecule has 5 rings (SSSR count). The lowest BCUT2D eigenvalue weighted by atomic mass is 10.1. The zero-order valence-electron chi connectivity index (χ0n) is 14.4. The van der Waals surface area contributed by atoms with Crippen molar-refractivity contribution in [1.82, 2.24) is 19.6 Å². The van der Waals surface area contributed by atoms with E-state index in [0.29, 0.717) is 22.7 Å². The highest BCUT2D eigenvalue weighted by Crippen LogP contribution is 2.29. The number of H-pyrrole nitrogens is 1. The number of aromatic nitrogens is 4. The average molecular weight is 357 g/mol. The maximum absolute atomic E-state index is 12.8. The molecule has 0 unspecified atom stereocenters. The molecule has 5 aromatic rings. The van der Waals surface area contributed by atoms with Crippen LogP contribution in [0.3, 0.4) is 0 Å². The summed E-state index contributed by atoms with van der Waals surface area (Å²) >= 11 is 0. The van der Waals surface area contributed by atoms with Crippen LogP contribution in [0, 0.1) is 6.92 Å². The Hall–Kier alpha value is -3.87. The van der Waals surface area contributed by atoms with Gasteiger partial charge in [0.25, 0.3) is 5.91 Å². The van der Waals surface area contributed by atoms with Gasteiger partial charge in [-0.15, -0.1) is 0 Å². The molecule has 132 valence electrons. The zero-order chi connectivity index (χ0) is 18.4. The van der Waals surface area contributed by atoms with E-state index in [4.69, 9.17) is 4.42 Å². The number of hydrogen-bond acceptors (Lipinski definition) is 4. The third-order valence-electron chi connectivity index (χ3n) is 4.57. The number of aryl methyl sites for hydroxylation is 1. The standard InChI is InChI=1S/C20H15N5O2/c1-12-10-25-11-21-9-14(25)8-15(12)20(26)22-13-4-5-17-16(7-13)19(24-23-17)18-3-2-6-27-18/h2-11H,1H3,(H,22,26)(H,23,24). The third kappa shape index (κ3) is 2.56. The number of anilines is 1. The number of fused-ring (bicyclic) bond motifs is 2. The van der Waals surface area contributed by atoms with E-state index in [-0.39, 0.29) is 5.91 Å². The van der Waals surface area contributed by atoms with Crippen molar-refractivity contribution in [2.45, 2.75) is 6.92 Å². The zero-order valence-corrected chi connectivity index (χ0v) is 14.4. The molecule has 0 aliphatic carbocycles. The van der Waals surface area contributed by atoms with Gasteiger partial charge >= 0.3 is 0 Å². The van der Waals surface area contributed by atoms with Crippen molar-refractivity contribution < 1.29 is 9.21 Å². The minimum absolute atomic E-state index is 0.168. The van der Waals surface area contributed by atoms with Crippen molar-refractivity contribution in [1.29, 1.82) is 0 Å². The van der Waals surface area contributed by atoms with Crippen LogP contribution in [-0.4, -0.2) is 25.5 Å². The van der Waals surface area contributed by atoms with E-state index in [2.05, 4.69) is 20.5 Å². The summed E-state index contributed by atoms with van der Waals surface area (Å²) in [5, 5.41) is 11.1. The highest BCUT2D eigenvalue weighted by atomic mass is 16.3. The van der Waals surface area contributed by atoms with Gasteiger partial charge in [-0.1, -0.05) is 0 Å². The van der Waals surface area contributed by atoms with Crippen LogP contribution in [-0.2, 0) is 0 Å². The van der Waals surface area contributed by atoms with Gasteiger partial charge < -0.3 is 14.1 Å². The first-order valence-electron chi connectivity index (χ1n) is 8.45. The smallest absolute Gasteiger partial charge is 0.256 e. The molecule has 0 aliphatic rings. The molecule has 4 heterocycles. The molecule has 2 N–H and O–H groups in total. The van der Waals surface area contributed by atoms with Gasteiger partial charge in [0.05, 0.1) is 29.8 Å². The summed E-state index contributed by atoms with van der Waals surface area (Å²) < 4.78 is 7.34. The number of carbonyl (C=O) groups is 1. The highest BCUT2D eigenvalue weighted by molar-refractivity contribution is 6.07. The molecule has 7 nitrogen and oxygen atoms in total. The second-order valence-electron chi connectivity index (χ2n) is 6.36. The van der Waals surface area contributed by atoms with E-state index in [1.807, 2.05) is 53.9 Å². The Kier molecular flexibility index (Phi) is 3.33. The number of carbonyl (C=O) groups excluding carboxylic acids is 1. The quantitative estimate of drug-likeness (QED) is 0.510. The predicted molar refractivity (Wildman–Crippen MR) is 102 cm³/mol. The number of furan rings is 1. The summed E-state index contributed by atoms with van der Waals surface area (Å²) in [5.74, 6) is 0.505. The number of nitrogens with zero attached hydrogens (tertiary/aromatic N) is 3. The van der Waals surface area contributed by atoms with E-state index in [9.17, 15) is 4.79 Å². The van der Waals surface area contributed by atoms with Gasteiger partial charge in [0.2, 0.25) is 0 Å². The summed E-state index contributed by atoms with van der Waals surface area (Å²) in [6, 6.07) is 11.1. The van der Waals surface area contributed by atoms with Crippen LogP contribution >= 0.6 is 0 Å². The Balaban J connectivity index is 1.51. The van der Waals surface area contributed by atoms with Crippen LogP contribution in [0.4, 0.5) is 5.69 Å². The summed E-state index contributed by atoms with van der Waals surface area (Å²) in [6.45, 7) is 1.91. The Morgan fingerprint density at radius 1 is 1.26 bits per heavy atom. The fourth-order valence-corrected chi connectivity index (χ4v) is 3.21. The van der Waals surface area contributed by atoms with E-state index < -0.39 is 0 Å². The second-order valence-corrected chi connectivity index (χ2v) is 6.36. The number of amides is 1. The molecule has 1 amide bonds. The van der Waals surface area contributed by atoms with E-state index in [0.717, 1.165) is 22.0 Å². The third-order valence-corrected chi connectivity index (χ3v) is 4.57. The SMILES string of the molecule is Cc1cn2cncc2cc1C(=O)Nc1ccc2[nH]nc(-c3ccco3)c2c1. The van der Waals surface area contributed by atoms with Crippen LogP contribution in [0.1, 0.15) is 15.9 Å². The molecular formula is C20H15N5O2. The molecule has 7 heteroatoms. The molecule has 0 spiro atoms. The van der Waals surface area contributed by atoms with Crippen molar-refractivity contribution in [3.05, 3.63) is 72.5 Å². The fourth-order valence-electron chi connectivity index (χ4n) is 3.21. The Bertz CT molecular complexity index is 1280. The van der Waals surface area contributed by atoms with Crippen LogP contribution in [0.5, 0.6) is 0 Å². The largest absolute Gasteiger partial charge is 0.463 e. The van der Waals surface area contributed by atoms with Gasteiger partial charge in [-0.05, 0) is 48.9 Å². The van der Waals surface area contributed by atoms with Crippen LogP contribution in [0.15, 0.2) is 65.8 Å². The van der Waals surface area contributed by atoms with Crippen LogP contribution in [0.25, 0.3) is 27.9 Å².